The van der Waals surface area contributed by atoms with Crippen LogP contribution in [0.25, 0.3) is 0 Å². The van der Waals surface area contributed by atoms with Crippen molar-refractivity contribution in [3.8, 4) is 0 Å². The molecule has 5 heteroatoms. The first-order valence-electron chi connectivity index (χ1n) is 5.41. The van der Waals surface area contributed by atoms with E-state index in [-0.39, 0.29) is 11.8 Å². The molecule has 1 fully saturated rings. The molecule has 1 aromatic heterocycles. The van der Waals surface area contributed by atoms with Crippen LogP contribution in [0.3, 0.4) is 0 Å². The first-order chi connectivity index (χ1) is 7.66. The van der Waals surface area contributed by atoms with E-state index in [0.717, 1.165) is 25.1 Å². The van der Waals surface area contributed by atoms with Gasteiger partial charge in [0, 0.05) is 19.3 Å². The smallest absolute Gasteiger partial charge is 0.222 e. The molecule has 2 rings (SSSR count). The molecule has 86 valence electrons. The van der Waals surface area contributed by atoms with Crippen molar-refractivity contribution in [3.63, 3.8) is 0 Å². The summed E-state index contributed by atoms with van der Waals surface area (Å²) >= 11 is 0. The summed E-state index contributed by atoms with van der Waals surface area (Å²) in [5.41, 5.74) is 12.6. The zero-order valence-corrected chi connectivity index (χ0v) is 9.10. The zero-order chi connectivity index (χ0) is 11.5. The molecule has 0 aliphatic carbocycles. The van der Waals surface area contributed by atoms with Crippen molar-refractivity contribution in [2.24, 2.45) is 11.7 Å². The third kappa shape index (κ3) is 2.24. The molecule has 1 aliphatic heterocycles. The number of nitrogens with zero attached hydrogens (tertiary/aromatic N) is 2. The van der Waals surface area contributed by atoms with Gasteiger partial charge in [-0.3, -0.25) is 9.78 Å². The lowest BCUT2D eigenvalue weighted by atomic mass is 9.97. The Kier molecular flexibility index (Phi) is 2.94. The number of hydrogen-bond donors (Lipinski definition) is 2. The van der Waals surface area contributed by atoms with Crippen molar-refractivity contribution in [1.82, 2.24) is 4.98 Å². The van der Waals surface area contributed by atoms with Gasteiger partial charge in [-0.25, -0.2) is 0 Å². The van der Waals surface area contributed by atoms with Gasteiger partial charge in [-0.15, -0.1) is 0 Å². The van der Waals surface area contributed by atoms with E-state index >= 15 is 0 Å². The second-order valence-corrected chi connectivity index (χ2v) is 4.16. The van der Waals surface area contributed by atoms with Gasteiger partial charge in [0.1, 0.15) is 0 Å². The zero-order valence-electron chi connectivity index (χ0n) is 9.10. The van der Waals surface area contributed by atoms with Gasteiger partial charge in [0.25, 0.3) is 0 Å². The van der Waals surface area contributed by atoms with E-state index in [9.17, 15) is 4.79 Å². The predicted molar refractivity (Wildman–Crippen MR) is 62.8 cm³/mol. The van der Waals surface area contributed by atoms with Gasteiger partial charge >= 0.3 is 0 Å². The fraction of sp³-hybridized carbons (Fsp3) is 0.455. The summed E-state index contributed by atoms with van der Waals surface area (Å²) in [4.78, 5) is 17.3. The molecule has 1 aromatic rings. The van der Waals surface area contributed by atoms with E-state index < -0.39 is 0 Å². The molecule has 5 nitrogen and oxygen atoms in total. The van der Waals surface area contributed by atoms with Crippen LogP contribution >= 0.6 is 0 Å². The normalized spacial score (nSPS) is 20.8. The molecule has 0 aromatic carbocycles. The van der Waals surface area contributed by atoms with E-state index in [1.807, 2.05) is 6.07 Å². The number of rotatable bonds is 2. The van der Waals surface area contributed by atoms with Crippen LogP contribution in [-0.2, 0) is 4.79 Å². The molecule has 0 saturated carbocycles. The third-order valence-electron chi connectivity index (χ3n) is 2.93. The van der Waals surface area contributed by atoms with Gasteiger partial charge in [-0.2, -0.15) is 0 Å². The second kappa shape index (κ2) is 4.38. The minimum Gasteiger partial charge on any atom is -0.397 e. The van der Waals surface area contributed by atoms with E-state index in [1.54, 1.807) is 12.4 Å². The number of carbonyl (C=O) groups is 1. The number of anilines is 2. The summed E-state index contributed by atoms with van der Waals surface area (Å²) < 4.78 is 0. The summed E-state index contributed by atoms with van der Waals surface area (Å²) in [5.74, 6) is -0.281. The number of carbonyl (C=O) groups excluding carboxylic acids is 1. The molecule has 1 amide bonds. The van der Waals surface area contributed by atoms with Crippen LogP contribution in [0.4, 0.5) is 11.4 Å². The third-order valence-corrected chi connectivity index (χ3v) is 2.93. The van der Waals surface area contributed by atoms with E-state index in [1.165, 1.54) is 0 Å². The predicted octanol–water partition coefficient (Wildman–Crippen LogP) is 0.365. The van der Waals surface area contributed by atoms with Gasteiger partial charge in [-0.1, -0.05) is 0 Å². The van der Waals surface area contributed by atoms with Crippen LogP contribution in [0.2, 0.25) is 0 Å². The molecule has 0 spiro atoms. The lowest BCUT2D eigenvalue weighted by molar-refractivity contribution is -0.122. The van der Waals surface area contributed by atoms with Crippen molar-refractivity contribution >= 4 is 17.3 Å². The Bertz CT molecular complexity index is 393. The fourth-order valence-corrected chi connectivity index (χ4v) is 2.06. The van der Waals surface area contributed by atoms with Gasteiger partial charge in [0.15, 0.2) is 0 Å². The lowest BCUT2D eigenvalue weighted by Gasteiger charge is -2.32. The number of amides is 1. The Balaban J connectivity index is 2.12. The Labute approximate surface area is 94.4 Å². The average molecular weight is 220 g/mol. The molecule has 16 heavy (non-hydrogen) atoms. The first-order valence-corrected chi connectivity index (χ1v) is 5.41. The van der Waals surface area contributed by atoms with E-state index in [4.69, 9.17) is 11.5 Å². The monoisotopic (exact) mass is 220 g/mol. The molecule has 1 aliphatic rings. The number of primary amides is 1. The number of hydrogen-bond acceptors (Lipinski definition) is 4. The number of nitrogen functional groups attached to an aromatic ring is 1. The topological polar surface area (TPSA) is 85.2 Å². The maximum Gasteiger partial charge on any atom is 0.222 e. The summed E-state index contributed by atoms with van der Waals surface area (Å²) in [6.45, 7) is 1.59. The van der Waals surface area contributed by atoms with Gasteiger partial charge in [-0.05, 0) is 18.9 Å². The molecule has 0 radical (unpaired) electrons. The number of aromatic nitrogens is 1. The van der Waals surface area contributed by atoms with Crippen LogP contribution in [-0.4, -0.2) is 24.0 Å². The molecule has 0 bridgehead atoms. The maximum atomic E-state index is 11.2. The number of nitrogens with two attached hydrogens (primary N) is 2. The summed E-state index contributed by atoms with van der Waals surface area (Å²) in [6.07, 6.45) is 5.22. The first kappa shape index (κ1) is 10.7. The Hall–Kier alpha value is -1.78. The lowest BCUT2D eigenvalue weighted by Crippen LogP contribution is -2.41. The molecule has 1 unspecified atom stereocenters. The Morgan fingerprint density at radius 1 is 1.50 bits per heavy atom. The van der Waals surface area contributed by atoms with E-state index in [2.05, 4.69) is 9.88 Å². The quantitative estimate of drug-likeness (QED) is 0.753. The number of piperidine rings is 1. The maximum absolute atomic E-state index is 11.2. The van der Waals surface area contributed by atoms with Gasteiger partial charge in [0.2, 0.25) is 5.91 Å². The summed E-state index contributed by atoms with van der Waals surface area (Å²) in [5, 5.41) is 0. The Morgan fingerprint density at radius 3 is 3.00 bits per heavy atom. The summed E-state index contributed by atoms with van der Waals surface area (Å²) in [7, 11) is 0. The highest BCUT2D eigenvalue weighted by Gasteiger charge is 2.24. The molecule has 1 saturated heterocycles. The standard InChI is InChI=1S/C11H16N4O/c12-9-4-10(6-14-5-9)15-3-1-2-8(7-15)11(13)16/h4-6,8H,1-3,7,12H2,(H2,13,16). The van der Waals surface area contributed by atoms with E-state index in [0.29, 0.717) is 12.2 Å². The van der Waals surface area contributed by atoms with Crippen molar-refractivity contribution in [3.05, 3.63) is 18.5 Å². The van der Waals surface area contributed by atoms with Gasteiger partial charge in [0.05, 0.1) is 23.5 Å². The van der Waals surface area contributed by atoms with Crippen molar-refractivity contribution in [2.75, 3.05) is 23.7 Å². The largest absolute Gasteiger partial charge is 0.397 e. The fourth-order valence-electron chi connectivity index (χ4n) is 2.06. The molecule has 2 heterocycles. The van der Waals surface area contributed by atoms with Crippen molar-refractivity contribution in [1.29, 1.82) is 0 Å². The van der Waals surface area contributed by atoms with Crippen molar-refractivity contribution < 1.29 is 4.79 Å². The molecular formula is C11H16N4O. The average Bonchev–Trinajstić information content (AvgIpc) is 2.29. The van der Waals surface area contributed by atoms with Crippen molar-refractivity contribution in [2.45, 2.75) is 12.8 Å². The minimum absolute atomic E-state index is 0.0600. The molecule has 1 atom stereocenters. The second-order valence-electron chi connectivity index (χ2n) is 4.16. The van der Waals surface area contributed by atoms with Gasteiger partial charge < -0.3 is 16.4 Å². The van der Waals surface area contributed by atoms with Crippen LogP contribution in [0.1, 0.15) is 12.8 Å². The van der Waals surface area contributed by atoms with Crippen LogP contribution in [0, 0.1) is 5.92 Å². The molecule has 4 N–H and O–H groups in total. The minimum atomic E-state index is -0.221. The van der Waals surface area contributed by atoms with Crippen LogP contribution < -0.4 is 16.4 Å². The summed E-state index contributed by atoms with van der Waals surface area (Å²) in [6, 6.07) is 1.87. The van der Waals surface area contributed by atoms with Crippen LogP contribution in [0.15, 0.2) is 18.5 Å². The Morgan fingerprint density at radius 2 is 2.31 bits per heavy atom. The highest BCUT2D eigenvalue weighted by Crippen LogP contribution is 2.23. The SMILES string of the molecule is NC(=O)C1CCCN(c2cncc(N)c2)C1. The van der Waals surface area contributed by atoms with Crippen LogP contribution in [0.5, 0.6) is 0 Å². The number of pyridine rings is 1. The highest BCUT2D eigenvalue weighted by atomic mass is 16.1. The highest BCUT2D eigenvalue weighted by molar-refractivity contribution is 5.77. The molecular weight excluding hydrogens is 204 g/mol.